The Morgan fingerprint density at radius 3 is 2.11 bits per heavy atom. The maximum Gasteiger partial charge on any atom is 0.142 e. The number of benzene rings is 2. The molecule has 0 aliphatic heterocycles. The molecule has 0 aliphatic rings. The van der Waals surface area contributed by atoms with E-state index in [-0.39, 0.29) is 21.2 Å². The minimum absolute atomic E-state index is 0.0185. The summed E-state index contributed by atoms with van der Waals surface area (Å²) in [6.07, 6.45) is 0. The Labute approximate surface area is 117 Å². The number of nitrogens with two attached hydrogens (primary N) is 1. The van der Waals surface area contributed by atoms with Gasteiger partial charge in [0.05, 0.1) is 11.1 Å². The number of hydrogen-bond donors (Lipinski definition) is 1. The number of rotatable bonds is 2. The third-order valence-corrected chi connectivity index (χ3v) is 3.20. The Hall–Kier alpha value is -1.23. The van der Waals surface area contributed by atoms with Gasteiger partial charge < -0.3 is 5.73 Å². The van der Waals surface area contributed by atoms with E-state index in [9.17, 15) is 13.2 Å². The Morgan fingerprint density at radius 1 is 0.842 bits per heavy atom. The monoisotopic (exact) mass is 305 g/mol. The van der Waals surface area contributed by atoms with Gasteiger partial charge in [-0.25, -0.2) is 13.2 Å². The molecule has 0 radical (unpaired) electrons. The molecule has 0 fully saturated rings. The van der Waals surface area contributed by atoms with Gasteiger partial charge in [0.1, 0.15) is 17.5 Å². The Morgan fingerprint density at radius 2 is 1.47 bits per heavy atom. The van der Waals surface area contributed by atoms with E-state index in [1.165, 1.54) is 12.1 Å². The topological polar surface area (TPSA) is 26.0 Å². The van der Waals surface area contributed by atoms with Crippen LogP contribution in [0.5, 0.6) is 0 Å². The molecule has 0 bridgehead atoms. The first kappa shape index (κ1) is 14.2. The molecule has 0 aliphatic carbocycles. The molecule has 100 valence electrons. The van der Waals surface area contributed by atoms with Gasteiger partial charge in [-0.05, 0) is 24.3 Å². The molecule has 6 heteroatoms. The molecule has 2 aromatic carbocycles. The van der Waals surface area contributed by atoms with Gasteiger partial charge in [0.15, 0.2) is 0 Å². The van der Waals surface area contributed by atoms with Gasteiger partial charge in [0, 0.05) is 16.1 Å². The van der Waals surface area contributed by atoms with Crippen molar-refractivity contribution < 1.29 is 13.2 Å². The van der Waals surface area contributed by atoms with Crippen molar-refractivity contribution in [1.82, 2.24) is 0 Å². The van der Waals surface area contributed by atoms with Crippen LogP contribution in [-0.4, -0.2) is 0 Å². The normalized spacial score (nSPS) is 12.5. The number of hydrogen-bond acceptors (Lipinski definition) is 1. The van der Waals surface area contributed by atoms with Gasteiger partial charge in [0.25, 0.3) is 0 Å². The molecule has 2 aromatic rings. The Bertz CT molecular complexity index is 632. The summed E-state index contributed by atoms with van der Waals surface area (Å²) in [5.74, 6) is -2.30. The third kappa shape index (κ3) is 2.86. The largest absolute Gasteiger partial charge is 0.320 e. The summed E-state index contributed by atoms with van der Waals surface area (Å²) in [6.45, 7) is 0. The molecular weight excluding hydrogens is 298 g/mol. The van der Waals surface area contributed by atoms with E-state index in [1.807, 2.05) is 0 Å². The Balaban J connectivity index is 2.49. The second kappa shape index (κ2) is 5.41. The predicted octanol–water partition coefficient (Wildman–Crippen LogP) is 4.46. The lowest BCUT2D eigenvalue weighted by Gasteiger charge is -2.15. The first-order chi connectivity index (χ1) is 8.90. The molecular formula is C13H8Cl2F3N. The van der Waals surface area contributed by atoms with E-state index in [0.29, 0.717) is 0 Å². The van der Waals surface area contributed by atoms with Gasteiger partial charge in [-0.15, -0.1) is 0 Å². The van der Waals surface area contributed by atoms with Crippen molar-refractivity contribution in [3.8, 4) is 0 Å². The van der Waals surface area contributed by atoms with Crippen molar-refractivity contribution in [2.75, 3.05) is 0 Å². The van der Waals surface area contributed by atoms with E-state index < -0.39 is 23.5 Å². The van der Waals surface area contributed by atoms with Crippen molar-refractivity contribution in [3.05, 3.63) is 69.0 Å². The van der Waals surface area contributed by atoms with Crippen molar-refractivity contribution in [2.45, 2.75) is 6.04 Å². The maximum atomic E-state index is 13.7. The van der Waals surface area contributed by atoms with Gasteiger partial charge in [-0.2, -0.15) is 0 Å². The zero-order valence-corrected chi connectivity index (χ0v) is 10.9. The van der Waals surface area contributed by atoms with Gasteiger partial charge in [-0.3, -0.25) is 0 Å². The number of halogens is 5. The zero-order valence-electron chi connectivity index (χ0n) is 9.43. The lowest BCUT2D eigenvalue weighted by Crippen LogP contribution is -2.15. The van der Waals surface area contributed by atoms with Crippen LogP contribution < -0.4 is 5.73 Å². The first-order valence-electron chi connectivity index (χ1n) is 5.25. The van der Waals surface area contributed by atoms with Crippen LogP contribution in [0.3, 0.4) is 0 Å². The average Bonchev–Trinajstić information content (AvgIpc) is 2.33. The van der Waals surface area contributed by atoms with Gasteiger partial charge >= 0.3 is 0 Å². The second-order valence-corrected chi connectivity index (χ2v) is 4.77. The predicted molar refractivity (Wildman–Crippen MR) is 68.8 cm³/mol. The highest BCUT2D eigenvalue weighted by atomic mass is 35.5. The molecule has 0 amide bonds. The molecule has 0 saturated heterocycles. The fourth-order valence-corrected chi connectivity index (χ4v) is 2.01. The van der Waals surface area contributed by atoms with Crippen LogP contribution in [0, 0.1) is 17.5 Å². The highest BCUT2D eigenvalue weighted by Gasteiger charge is 2.19. The molecule has 1 nitrogen and oxygen atoms in total. The van der Waals surface area contributed by atoms with E-state index in [1.54, 1.807) is 0 Å². The molecule has 0 saturated carbocycles. The smallest absolute Gasteiger partial charge is 0.142 e. The zero-order chi connectivity index (χ0) is 14.2. The fraction of sp³-hybridized carbons (Fsp3) is 0.0769. The van der Waals surface area contributed by atoms with Crippen molar-refractivity contribution in [3.63, 3.8) is 0 Å². The summed E-state index contributed by atoms with van der Waals surface area (Å²) in [5.41, 5.74) is 5.60. The van der Waals surface area contributed by atoms with Gasteiger partial charge in [0.2, 0.25) is 0 Å². The Kier molecular flexibility index (Phi) is 4.04. The molecule has 0 aromatic heterocycles. The van der Waals surface area contributed by atoms with E-state index in [4.69, 9.17) is 28.9 Å². The molecule has 0 spiro atoms. The molecule has 19 heavy (non-hydrogen) atoms. The van der Waals surface area contributed by atoms with Crippen LogP contribution in [0.4, 0.5) is 13.2 Å². The van der Waals surface area contributed by atoms with Crippen LogP contribution in [0.2, 0.25) is 10.0 Å². The summed E-state index contributed by atoms with van der Waals surface area (Å²) < 4.78 is 40.7. The highest BCUT2D eigenvalue weighted by Crippen LogP contribution is 2.29. The highest BCUT2D eigenvalue weighted by molar-refractivity contribution is 6.31. The molecule has 0 heterocycles. The first-order valence-corrected chi connectivity index (χ1v) is 6.00. The maximum absolute atomic E-state index is 13.7. The summed E-state index contributed by atoms with van der Waals surface area (Å²) in [5, 5.41) is -0.166. The van der Waals surface area contributed by atoms with Crippen molar-refractivity contribution in [1.29, 1.82) is 0 Å². The summed E-state index contributed by atoms with van der Waals surface area (Å²) in [6, 6.07) is 4.32. The van der Waals surface area contributed by atoms with Gasteiger partial charge in [-0.1, -0.05) is 29.3 Å². The molecule has 2 rings (SSSR count). The minimum Gasteiger partial charge on any atom is -0.320 e. The SMILES string of the molecule is NC(c1ccc(Cl)cc1F)c1cc(F)c(Cl)cc1F. The third-order valence-electron chi connectivity index (χ3n) is 2.67. The van der Waals surface area contributed by atoms with E-state index >= 15 is 0 Å². The van der Waals surface area contributed by atoms with Crippen molar-refractivity contribution >= 4 is 23.2 Å². The van der Waals surface area contributed by atoms with Crippen LogP contribution in [0.15, 0.2) is 30.3 Å². The average molecular weight is 306 g/mol. The van der Waals surface area contributed by atoms with E-state index in [0.717, 1.165) is 18.2 Å². The molecule has 1 atom stereocenters. The van der Waals surface area contributed by atoms with Crippen LogP contribution in [0.1, 0.15) is 17.2 Å². The summed E-state index contributed by atoms with van der Waals surface area (Å²) in [4.78, 5) is 0. The van der Waals surface area contributed by atoms with E-state index in [2.05, 4.69) is 0 Å². The standard InChI is InChI=1S/C13H8Cl2F3N/c14-6-1-2-7(10(16)3-6)13(19)8-4-12(18)9(15)5-11(8)17/h1-5,13H,19H2. The minimum atomic E-state index is -1.15. The molecule has 2 N–H and O–H groups in total. The lowest BCUT2D eigenvalue weighted by atomic mass is 9.98. The molecule has 1 unspecified atom stereocenters. The summed E-state index contributed by atoms with van der Waals surface area (Å²) in [7, 11) is 0. The van der Waals surface area contributed by atoms with Crippen molar-refractivity contribution in [2.24, 2.45) is 5.73 Å². The lowest BCUT2D eigenvalue weighted by molar-refractivity contribution is 0.563. The summed E-state index contributed by atoms with van der Waals surface area (Å²) >= 11 is 11.1. The van der Waals surface area contributed by atoms with Crippen LogP contribution in [0.25, 0.3) is 0 Å². The quantitative estimate of drug-likeness (QED) is 0.815. The fourth-order valence-electron chi connectivity index (χ4n) is 1.70. The van der Waals surface area contributed by atoms with Crippen LogP contribution >= 0.6 is 23.2 Å². The second-order valence-electron chi connectivity index (χ2n) is 3.93. The van der Waals surface area contributed by atoms with Crippen LogP contribution in [-0.2, 0) is 0 Å².